The topological polar surface area (TPSA) is 88.3 Å². The summed E-state index contributed by atoms with van der Waals surface area (Å²) in [7, 11) is 3.04. The summed E-state index contributed by atoms with van der Waals surface area (Å²) in [5.74, 6) is 0.300. The van der Waals surface area contributed by atoms with Gasteiger partial charge in [-0.05, 0) is 37.5 Å². The quantitative estimate of drug-likeness (QED) is 0.761. The smallest absolute Gasteiger partial charge is 0.340 e. The molecule has 0 aliphatic carbocycles. The normalized spacial score (nSPS) is 21.7. The minimum atomic E-state index is -0.804. The van der Waals surface area contributed by atoms with Gasteiger partial charge in [0.2, 0.25) is 11.9 Å². The van der Waals surface area contributed by atoms with Crippen molar-refractivity contribution in [1.29, 1.82) is 0 Å². The minimum Gasteiger partial charge on any atom is -0.340 e. The number of likely N-dealkylation sites (tertiary alicyclic amines) is 1. The molecule has 9 nitrogen and oxygen atoms in total. The molecule has 152 valence electrons. The molecular formula is C20H25N6O3+. The maximum atomic E-state index is 12.9. The van der Waals surface area contributed by atoms with Gasteiger partial charge in [-0.15, -0.1) is 0 Å². The van der Waals surface area contributed by atoms with E-state index in [1.807, 2.05) is 36.1 Å². The Kier molecular flexibility index (Phi) is 4.81. The second kappa shape index (κ2) is 7.31. The number of guanidine groups is 1. The van der Waals surface area contributed by atoms with Gasteiger partial charge >= 0.3 is 12.0 Å². The van der Waals surface area contributed by atoms with E-state index in [9.17, 15) is 14.4 Å². The van der Waals surface area contributed by atoms with Crippen molar-refractivity contribution in [1.82, 2.24) is 14.7 Å². The fourth-order valence-corrected chi connectivity index (χ4v) is 3.93. The number of nitrogens with one attached hydrogen (secondary N) is 1. The fourth-order valence-electron chi connectivity index (χ4n) is 3.93. The molecule has 3 heterocycles. The zero-order valence-corrected chi connectivity index (χ0v) is 16.9. The standard InChI is InChI=1S/C20H24N6O3/c1-13-7-6-8-14(11-13)21-19-22-17-16(18(28)24(3)20(29)23(17)2)26(19)12-15(27)25-9-4-5-10-25/h6-8,11,16H,4-5,9-10,12H2,1-3H3/p+1. The molecule has 0 spiro atoms. The van der Waals surface area contributed by atoms with Gasteiger partial charge in [0.1, 0.15) is 6.54 Å². The van der Waals surface area contributed by atoms with Gasteiger partial charge in [-0.2, -0.15) is 0 Å². The summed E-state index contributed by atoms with van der Waals surface area (Å²) in [5.41, 5.74) is 1.87. The molecular weight excluding hydrogens is 372 g/mol. The summed E-state index contributed by atoms with van der Waals surface area (Å²) < 4.78 is 1.67. The molecule has 4 rings (SSSR count). The predicted octanol–water partition coefficient (Wildman–Crippen LogP) is 0.702. The average molecular weight is 397 g/mol. The second-order valence-corrected chi connectivity index (χ2v) is 7.65. The first-order valence-corrected chi connectivity index (χ1v) is 9.75. The molecule has 0 bridgehead atoms. The summed E-state index contributed by atoms with van der Waals surface area (Å²) >= 11 is 0. The number of hydrogen-bond donors (Lipinski definition) is 1. The first-order valence-electron chi connectivity index (χ1n) is 9.75. The van der Waals surface area contributed by atoms with Crippen LogP contribution in [0.15, 0.2) is 29.3 Å². The Bertz CT molecular complexity index is 947. The number of aryl methyl sites for hydroxylation is 1. The summed E-state index contributed by atoms with van der Waals surface area (Å²) in [6.45, 7) is 3.47. The van der Waals surface area contributed by atoms with Crippen molar-refractivity contribution >= 4 is 35.3 Å². The number of carbonyl (C=O) groups excluding carboxylic acids is 3. The van der Waals surface area contributed by atoms with Crippen molar-refractivity contribution in [2.75, 3.05) is 39.0 Å². The number of anilines is 1. The van der Waals surface area contributed by atoms with E-state index >= 15 is 0 Å². The third-order valence-electron chi connectivity index (χ3n) is 5.57. The van der Waals surface area contributed by atoms with E-state index in [0.29, 0.717) is 11.8 Å². The molecule has 1 atom stereocenters. The highest BCUT2D eigenvalue weighted by Gasteiger charge is 2.52. The van der Waals surface area contributed by atoms with Crippen molar-refractivity contribution in [3.8, 4) is 0 Å². The van der Waals surface area contributed by atoms with Gasteiger partial charge < -0.3 is 4.90 Å². The monoisotopic (exact) mass is 397 g/mol. The van der Waals surface area contributed by atoms with Crippen LogP contribution in [0.1, 0.15) is 18.4 Å². The second-order valence-electron chi connectivity index (χ2n) is 7.65. The number of carbonyl (C=O) groups is 3. The lowest BCUT2D eigenvalue weighted by atomic mass is 10.1. The lowest BCUT2D eigenvalue weighted by Gasteiger charge is -2.31. The van der Waals surface area contributed by atoms with Gasteiger partial charge in [0.05, 0.1) is 5.69 Å². The number of aliphatic imine (C=N–C) groups is 1. The van der Waals surface area contributed by atoms with Gasteiger partial charge in [0.25, 0.3) is 11.8 Å². The summed E-state index contributed by atoms with van der Waals surface area (Å²) in [6.07, 6.45) is 1.99. The van der Waals surface area contributed by atoms with E-state index in [2.05, 4.69) is 10.3 Å². The van der Waals surface area contributed by atoms with Crippen LogP contribution in [0.4, 0.5) is 10.5 Å². The van der Waals surface area contributed by atoms with Crippen LogP contribution in [-0.2, 0) is 9.59 Å². The molecule has 0 radical (unpaired) electrons. The first kappa shape index (κ1) is 19.1. The lowest BCUT2D eigenvalue weighted by molar-refractivity contribution is -0.525. The van der Waals surface area contributed by atoms with Crippen LogP contribution in [0.5, 0.6) is 0 Å². The molecule has 1 N–H and O–H groups in total. The van der Waals surface area contributed by atoms with Crippen molar-refractivity contribution in [3.05, 3.63) is 29.8 Å². The Hall–Kier alpha value is -3.23. The van der Waals surface area contributed by atoms with Crippen molar-refractivity contribution < 1.29 is 19.0 Å². The number of rotatable bonds is 3. The van der Waals surface area contributed by atoms with Crippen LogP contribution in [-0.4, -0.2) is 88.7 Å². The Labute approximate surface area is 169 Å². The maximum Gasteiger partial charge on any atom is 0.395 e. The van der Waals surface area contributed by atoms with Gasteiger partial charge in [-0.1, -0.05) is 17.1 Å². The van der Waals surface area contributed by atoms with Crippen LogP contribution < -0.4 is 5.32 Å². The van der Waals surface area contributed by atoms with Crippen molar-refractivity contribution in [2.45, 2.75) is 25.8 Å². The third-order valence-corrected chi connectivity index (χ3v) is 5.57. The van der Waals surface area contributed by atoms with Gasteiger partial charge in [-0.25, -0.2) is 14.7 Å². The van der Waals surface area contributed by atoms with Crippen molar-refractivity contribution in [2.24, 2.45) is 4.99 Å². The largest absolute Gasteiger partial charge is 0.395 e. The van der Waals surface area contributed by atoms with E-state index in [-0.39, 0.29) is 18.4 Å². The van der Waals surface area contributed by atoms with E-state index in [4.69, 9.17) is 0 Å². The molecule has 29 heavy (non-hydrogen) atoms. The Morgan fingerprint density at radius 2 is 1.93 bits per heavy atom. The number of imide groups is 1. The SMILES string of the molecule is Cc1cccc(NC2=[N+](CC(=O)N3CCCC3)C3C(=O)N(C)C(=O)N(C)C3=N2)c1. The number of benzene rings is 1. The maximum absolute atomic E-state index is 12.9. The zero-order chi connectivity index (χ0) is 20.7. The van der Waals surface area contributed by atoms with Crippen LogP contribution in [0.2, 0.25) is 0 Å². The lowest BCUT2D eigenvalue weighted by Crippen LogP contribution is -2.62. The third kappa shape index (κ3) is 3.37. The molecule has 1 aromatic carbocycles. The van der Waals surface area contributed by atoms with Crippen LogP contribution in [0, 0.1) is 6.92 Å². The predicted molar refractivity (Wildman–Crippen MR) is 108 cm³/mol. The molecule has 3 aliphatic rings. The molecule has 9 heteroatoms. The molecule has 2 saturated heterocycles. The summed E-state index contributed by atoms with van der Waals surface area (Å²) in [5, 5.41) is 3.23. The Morgan fingerprint density at radius 1 is 1.21 bits per heavy atom. The molecule has 0 aromatic heterocycles. The molecule has 2 fully saturated rings. The fraction of sp³-hybridized carbons (Fsp3) is 0.450. The average Bonchev–Trinajstić information content (AvgIpc) is 3.34. The van der Waals surface area contributed by atoms with Gasteiger partial charge in [0, 0.05) is 27.2 Å². The van der Waals surface area contributed by atoms with E-state index in [1.165, 1.54) is 11.9 Å². The minimum absolute atomic E-state index is 0.0213. The Morgan fingerprint density at radius 3 is 2.62 bits per heavy atom. The van der Waals surface area contributed by atoms with Crippen LogP contribution >= 0.6 is 0 Å². The highest BCUT2D eigenvalue weighted by Crippen LogP contribution is 2.21. The molecule has 4 amide bonds. The summed E-state index contributed by atoms with van der Waals surface area (Å²) in [6, 6.07) is 6.51. The number of amides is 4. The number of amidine groups is 1. The zero-order valence-electron chi connectivity index (χ0n) is 16.9. The molecule has 1 aromatic rings. The summed E-state index contributed by atoms with van der Waals surface area (Å²) in [4.78, 5) is 46.9. The van der Waals surface area contributed by atoms with E-state index in [1.54, 1.807) is 11.6 Å². The van der Waals surface area contributed by atoms with Gasteiger partial charge in [-0.3, -0.25) is 19.4 Å². The van der Waals surface area contributed by atoms with Gasteiger partial charge in [0.15, 0.2) is 0 Å². The molecule has 0 saturated carbocycles. The number of fused-ring (bicyclic) bond motifs is 1. The number of hydrogen-bond acceptors (Lipinski definition) is 5. The Balaban J connectivity index is 1.71. The highest BCUT2D eigenvalue weighted by atomic mass is 16.2. The number of urea groups is 1. The molecule has 3 aliphatic heterocycles. The number of likely N-dealkylation sites (N-methyl/N-ethyl adjacent to an activating group) is 2. The van der Waals surface area contributed by atoms with Crippen molar-refractivity contribution in [3.63, 3.8) is 0 Å². The van der Waals surface area contributed by atoms with Crippen LogP contribution in [0.25, 0.3) is 0 Å². The number of nitrogens with zero attached hydrogens (tertiary/aromatic N) is 5. The van der Waals surface area contributed by atoms with E-state index < -0.39 is 12.1 Å². The first-order chi connectivity index (χ1) is 13.9. The molecule has 1 unspecified atom stereocenters. The van der Waals surface area contributed by atoms with E-state index in [0.717, 1.165) is 42.1 Å². The van der Waals surface area contributed by atoms with Crippen LogP contribution in [0.3, 0.4) is 0 Å². The highest BCUT2D eigenvalue weighted by molar-refractivity contribution is 6.23.